The average Bonchev–Trinajstić information content (AvgIpc) is 3.73. The number of hydrogen-bond donors (Lipinski definition) is 0. The van der Waals surface area contributed by atoms with Crippen molar-refractivity contribution in [2.24, 2.45) is 0 Å². The molecule has 0 N–H and O–H groups in total. The molecule has 2 nitrogen and oxygen atoms in total. The van der Waals surface area contributed by atoms with Gasteiger partial charge in [-0.1, -0.05) is 121 Å². The van der Waals surface area contributed by atoms with Crippen LogP contribution in [0.1, 0.15) is 11.1 Å². The first-order valence-electron chi connectivity index (χ1n) is 18.3. The van der Waals surface area contributed by atoms with Gasteiger partial charge in [0.15, 0.2) is 0 Å². The Balaban J connectivity index is 1.27. The third-order valence-corrected chi connectivity index (χ3v) is 12.0. The molecular formula is C52H26N2. The maximum atomic E-state index is 9.79. The molecule has 0 atom stereocenters. The van der Waals surface area contributed by atoms with Crippen LogP contribution < -0.4 is 0 Å². The Morgan fingerprint density at radius 3 is 1.37 bits per heavy atom. The van der Waals surface area contributed by atoms with Gasteiger partial charge in [-0.25, -0.2) is 0 Å². The van der Waals surface area contributed by atoms with Gasteiger partial charge in [-0.3, -0.25) is 0 Å². The van der Waals surface area contributed by atoms with Crippen LogP contribution in [-0.2, 0) is 0 Å². The van der Waals surface area contributed by atoms with Gasteiger partial charge in [-0.05, 0) is 157 Å². The van der Waals surface area contributed by atoms with Gasteiger partial charge < -0.3 is 0 Å². The van der Waals surface area contributed by atoms with E-state index in [1.165, 1.54) is 104 Å². The molecule has 10 aromatic carbocycles. The lowest BCUT2D eigenvalue weighted by Gasteiger charge is -2.22. The van der Waals surface area contributed by atoms with E-state index >= 15 is 0 Å². The molecule has 0 aromatic heterocycles. The van der Waals surface area contributed by atoms with Crippen LogP contribution in [-0.4, -0.2) is 0 Å². The van der Waals surface area contributed by atoms with Crippen molar-refractivity contribution in [3.05, 3.63) is 169 Å². The van der Waals surface area contributed by atoms with Crippen LogP contribution in [0.5, 0.6) is 0 Å². The summed E-state index contributed by atoms with van der Waals surface area (Å²) in [5.74, 6) is 0. The first-order chi connectivity index (χ1) is 26.7. The highest BCUT2D eigenvalue weighted by molar-refractivity contribution is 6.33. The fraction of sp³-hybridized carbons (Fsp3) is 0. The number of nitrogens with zero attached hydrogens (tertiary/aromatic N) is 2. The van der Waals surface area contributed by atoms with Crippen LogP contribution in [0.4, 0.5) is 0 Å². The lowest BCUT2D eigenvalue weighted by Crippen LogP contribution is -1.95. The summed E-state index contributed by atoms with van der Waals surface area (Å²) in [6.45, 7) is 0. The summed E-state index contributed by atoms with van der Waals surface area (Å²) in [7, 11) is 0. The highest BCUT2D eigenvalue weighted by atomic mass is 14.3. The van der Waals surface area contributed by atoms with Crippen LogP contribution in [0, 0.1) is 22.7 Å². The highest BCUT2D eigenvalue weighted by Crippen LogP contribution is 2.59. The molecule has 244 valence electrons. The predicted molar refractivity (Wildman–Crippen MR) is 223 cm³/mol. The van der Waals surface area contributed by atoms with E-state index in [-0.39, 0.29) is 0 Å². The number of hydrogen-bond acceptors (Lipinski definition) is 2. The van der Waals surface area contributed by atoms with Crippen LogP contribution in [0.3, 0.4) is 0 Å². The molecule has 2 aliphatic carbocycles. The number of fused-ring (bicyclic) bond motifs is 11. The summed E-state index contributed by atoms with van der Waals surface area (Å²) in [5, 5.41) is 31.8. The van der Waals surface area contributed by atoms with Gasteiger partial charge >= 0.3 is 0 Å². The van der Waals surface area contributed by atoms with E-state index in [9.17, 15) is 10.5 Å². The lowest BCUT2D eigenvalue weighted by atomic mass is 9.80. The van der Waals surface area contributed by atoms with Crippen molar-refractivity contribution in [2.75, 3.05) is 0 Å². The quantitative estimate of drug-likeness (QED) is 0.171. The standard InChI is InChI=1S/C52H26N2/c53-27-29-13-17-33(18-14-29)48-42-24-23-36-39(22-21-35-25-44-37-9-1-5-31-6-2-10-38(46(31)37)45(44)26-43(35)36)50(42)49(34-19-15-30(28-54)16-20-34)52-41-12-4-8-32-7-3-11-40(47(32)41)51(48)52/h1-26H. The summed E-state index contributed by atoms with van der Waals surface area (Å²) >= 11 is 0. The summed E-state index contributed by atoms with van der Waals surface area (Å²) < 4.78 is 0. The zero-order valence-corrected chi connectivity index (χ0v) is 28.9. The van der Waals surface area contributed by atoms with Gasteiger partial charge in [-0.2, -0.15) is 10.5 Å². The van der Waals surface area contributed by atoms with Crippen molar-refractivity contribution < 1.29 is 0 Å². The second-order valence-corrected chi connectivity index (χ2v) is 14.6. The first-order valence-corrected chi connectivity index (χ1v) is 18.3. The number of rotatable bonds is 2. The van der Waals surface area contributed by atoms with Crippen molar-refractivity contribution in [1.82, 2.24) is 0 Å². The van der Waals surface area contributed by atoms with Crippen molar-refractivity contribution in [3.8, 4) is 78.9 Å². The Morgan fingerprint density at radius 2 is 0.778 bits per heavy atom. The van der Waals surface area contributed by atoms with Crippen molar-refractivity contribution in [2.45, 2.75) is 0 Å². The van der Waals surface area contributed by atoms with Gasteiger partial charge in [-0.15, -0.1) is 0 Å². The van der Waals surface area contributed by atoms with Gasteiger partial charge in [0.2, 0.25) is 0 Å². The molecule has 0 saturated carbocycles. The fourth-order valence-corrected chi connectivity index (χ4v) is 9.72. The van der Waals surface area contributed by atoms with E-state index in [0.717, 1.165) is 16.5 Å². The van der Waals surface area contributed by atoms with Gasteiger partial charge in [0.1, 0.15) is 0 Å². The van der Waals surface area contributed by atoms with Crippen molar-refractivity contribution >= 4 is 53.9 Å². The fourth-order valence-electron chi connectivity index (χ4n) is 9.72. The van der Waals surface area contributed by atoms with E-state index < -0.39 is 0 Å². The first kappa shape index (κ1) is 29.1. The Labute approximate surface area is 311 Å². The van der Waals surface area contributed by atoms with E-state index in [4.69, 9.17) is 0 Å². The van der Waals surface area contributed by atoms with Crippen LogP contribution in [0.25, 0.3) is 121 Å². The average molecular weight is 679 g/mol. The van der Waals surface area contributed by atoms with E-state index in [0.29, 0.717) is 11.1 Å². The number of nitriles is 2. The van der Waals surface area contributed by atoms with Gasteiger partial charge in [0.05, 0.1) is 23.3 Å². The monoisotopic (exact) mass is 678 g/mol. The second kappa shape index (κ2) is 10.5. The summed E-state index contributed by atoms with van der Waals surface area (Å²) in [4.78, 5) is 0. The van der Waals surface area contributed by atoms with Crippen molar-refractivity contribution in [3.63, 3.8) is 0 Å². The maximum Gasteiger partial charge on any atom is 0.0991 e. The topological polar surface area (TPSA) is 47.6 Å². The minimum absolute atomic E-state index is 0.639. The maximum absolute atomic E-state index is 9.79. The molecule has 0 heterocycles. The molecule has 54 heavy (non-hydrogen) atoms. The largest absolute Gasteiger partial charge is 0.192 e. The molecule has 0 amide bonds. The zero-order chi connectivity index (χ0) is 35.7. The van der Waals surface area contributed by atoms with E-state index in [1.54, 1.807) is 0 Å². The van der Waals surface area contributed by atoms with E-state index in [1.807, 2.05) is 24.3 Å². The molecule has 0 radical (unpaired) electrons. The Hall–Kier alpha value is -7.52. The Kier molecular flexibility index (Phi) is 5.67. The normalized spacial score (nSPS) is 12.0. The predicted octanol–water partition coefficient (Wildman–Crippen LogP) is 13.8. The van der Waals surface area contributed by atoms with Crippen LogP contribution in [0.2, 0.25) is 0 Å². The highest BCUT2D eigenvalue weighted by Gasteiger charge is 2.31. The molecule has 2 heteroatoms. The van der Waals surface area contributed by atoms with Gasteiger partial charge in [0.25, 0.3) is 0 Å². The van der Waals surface area contributed by atoms with Crippen LogP contribution in [0.15, 0.2) is 158 Å². The molecule has 0 spiro atoms. The molecule has 12 rings (SSSR count). The molecule has 0 unspecified atom stereocenters. The molecule has 0 saturated heterocycles. The molecule has 2 aliphatic rings. The Morgan fingerprint density at radius 1 is 0.296 bits per heavy atom. The summed E-state index contributed by atoms with van der Waals surface area (Å²) in [5.41, 5.74) is 15.8. The minimum atomic E-state index is 0.639. The smallest absolute Gasteiger partial charge is 0.0991 e. The number of benzene rings is 10. The molecule has 0 fully saturated rings. The summed E-state index contributed by atoms with van der Waals surface area (Å²) in [6.07, 6.45) is 0. The van der Waals surface area contributed by atoms with E-state index in [2.05, 4.69) is 146 Å². The molecule has 0 bridgehead atoms. The SMILES string of the molecule is N#Cc1ccc(-c2c3c(c(-c4ccc(C#N)cc4)c4c2ccc2c5cc6c(cc5ccc24)-c2cccc4cccc-6c24)-c2cccc4cccc-3c24)cc1. The lowest BCUT2D eigenvalue weighted by molar-refractivity contribution is 1.48. The third kappa shape index (κ3) is 3.71. The molecular weight excluding hydrogens is 653 g/mol. The third-order valence-electron chi connectivity index (χ3n) is 12.0. The summed E-state index contributed by atoms with van der Waals surface area (Å²) in [6, 6.07) is 61.4. The molecule has 0 aliphatic heterocycles. The zero-order valence-electron chi connectivity index (χ0n) is 28.9. The van der Waals surface area contributed by atoms with Crippen LogP contribution >= 0.6 is 0 Å². The second-order valence-electron chi connectivity index (χ2n) is 14.6. The Bertz CT molecular complexity index is 3420. The minimum Gasteiger partial charge on any atom is -0.192 e. The van der Waals surface area contributed by atoms with Gasteiger partial charge in [0, 0.05) is 0 Å². The molecule has 10 aromatic rings. The van der Waals surface area contributed by atoms with Crippen molar-refractivity contribution in [1.29, 1.82) is 10.5 Å².